The van der Waals surface area contributed by atoms with E-state index in [9.17, 15) is 0 Å². The normalized spacial score (nSPS) is 14.2. The van der Waals surface area contributed by atoms with Crippen molar-refractivity contribution in [2.24, 2.45) is 0 Å². The third-order valence-corrected chi connectivity index (χ3v) is 7.57. The molecule has 2 nitrogen and oxygen atoms in total. The van der Waals surface area contributed by atoms with Crippen LogP contribution in [0.25, 0.3) is 27.5 Å². The molecule has 0 radical (unpaired) electrons. The summed E-state index contributed by atoms with van der Waals surface area (Å²) in [5.41, 5.74) is 9.97. The van der Waals surface area contributed by atoms with Crippen LogP contribution >= 0.6 is 0 Å². The lowest BCUT2D eigenvalue weighted by atomic mass is 9.73. The molecule has 0 fully saturated rings. The van der Waals surface area contributed by atoms with Gasteiger partial charge in [0.15, 0.2) is 0 Å². The predicted octanol–water partition coefficient (Wildman–Crippen LogP) is 8.89. The quantitative estimate of drug-likeness (QED) is 0.256. The summed E-state index contributed by atoms with van der Waals surface area (Å²) in [5, 5.41) is 2.54. The molecule has 1 aliphatic heterocycles. The fraction of sp³-hybridized carbons (Fsp3) is 0.0909. The largest absolute Gasteiger partial charge is 0.310 e. The standard InChI is InChI=1S/C33H26N2/c1-33(2)27-15-7-10-18-31(27)35(32-19-11-8-16-28(32)33)24-20-21-30-26(22-24)25-14-6-9-17-29(25)34(30)23-12-4-3-5-13-23/h3-22H,1-2H3. The van der Waals surface area contributed by atoms with Crippen LogP contribution in [0.5, 0.6) is 0 Å². The molecular weight excluding hydrogens is 424 g/mol. The molecule has 2 heteroatoms. The molecule has 0 saturated heterocycles. The van der Waals surface area contributed by atoms with Crippen molar-refractivity contribution in [3.63, 3.8) is 0 Å². The van der Waals surface area contributed by atoms with Crippen molar-refractivity contribution >= 4 is 38.9 Å². The van der Waals surface area contributed by atoms with Crippen LogP contribution in [0.1, 0.15) is 25.0 Å². The Kier molecular flexibility index (Phi) is 4.22. The number of nitrogens with zero attached hydrogens (tertiary/aromatic N) is 2. The second-order valence-electron chi connectivity index (χ2n) is 9.88. The Balaban J connectivity index is 1.52. The molecule has 0 aliphatic carbocycles. The summed E-state index contributed by atoms with van der Waals surface area (Å²) in [7, 11) is 0. The first-order valence-corrected chi connectivity index (χ1v) is 12.2. The summed E-state index contributed by atoms with van der Waals surface area (Å²) in [4.78, 5) is 2.43. The van der Waals surface area contributed by atoms with E-state index in [1.807, 2.05) is 0 Å². The third-order valence-electron chi connectivity index (χ3n) is 7.57. The van der Waals surface area contributed by atoms with Crippen LogP contribution in [0.4, 0.5) is 17.1 Å². The van der Waals surface area contributed by atoms with Crippen molar-refractivity contribution in [3.05, 3.63) is 132 Å². The summed E-state index contributed by atoms with van der Waals surface area (Å²) in [6, 6.07) is 43.9. The number of fused-ring (bicyclic) bond motifs is 5. The van der Waals surface area contributed by atoms with Crippen LogP contribution in [0, 0.1) is 0 Å². The molecule has 5 aromatic carbocycles. The Morgan fingerprint density at radius 1 is 0.486 bits per heavy atom. The van der Waals surface area contributed by atoms with E-state index in [-0.39, 0.29) is 5.41 Å². The summed E-state index contributed by atoms with van der Waals surface area (Å²) in [5.74, 6) is 0. The fourth-order valence-corrected chi connectivity index (χ4v) is 5.90. The molecule has 7 rings (SSSR count). The zero-order valence-corrected chi connectivity index (χ0v) is 19.9. The number of aromatic nitrogens is 1. The molecular formula is C33H26N2. The summed E-state index contributed by atoms with van der Waals surface area (Å²) in [6.07, 6.45) is 0. The number of hydrogen-bond donors (Lipinski definition) is 0. The van der Waals surface area contributed by atoms with Crippen LogP contribution in [-0.4, -0.2) is 4.57 Å². The van der Waals surface area contributed by atoms with E-state index in [0.717, 1.165) is 0 Å². The zero-order valence-electron chi connectivity index (χ0n) is 19.9. The highest BCUT2D eigenvalue weighted by Gasteiger charge is 2.36. The van der Waals surface area contributed by atoms with E-state index in [4.69, 9.17) is 0 Å². The molecule has 0 spiro atoms. The van der Waals surface area contributed by atoms with Crippen molar-refractivity contribution in [1.29, 1.82) is 0 Å². The SMILES string of the molecule is CC1(C)c2ccccc2N(c2ccc3c(c2)c2ccccc2n3-c2ccccc2)c2ccccc21. The minimum Gasteiger partial charge on any atom is -0.310 e. The average molecular weight is 451 g/mol. The smallest absolute Gasteiger partial charge is 0.0542 e. The monoisotopic (exact) mass is 450 g/mol. The lowest BCUT2D eigenvalue weighted by molar-refractivity contribution is 0.632. The van der Waals surface area contributed by atoms with Gasteiger partial charge in [0.1, 0.15) is 0 Å². The van der Waals surface area contributed by atoms with Crippen molar-refractivity contribution < 1.29 is 0 Å². The van der Waals surface area contributed by atoms with E-state index >= 15 is 0 Å². The first-order chi connectivity index (χ1) is 17.1. The van der Waals surface area contributed by atoms with Gasteiger partial charge in [0.25, 0.3) is 0 Å². The van der Waals surface area contributed by atoms with Gasteiger partial charge in [0.2, 0.25) is 0 Å². The molecule has 0 atom stereocenters. The highest BCUT2D eigenvalue weighted by atomic mass is 15.2. The van der Waals surface area contributed by atoms with Gasteiger partial charge in [-0.05, 0) is 59.7 Å². The Labute approximate surface area is 205 Å². The number of anilines is 3. The Morgan fingerprint density at radius 2 is 1.06 bits per heavy atom. The van der Waals surface area contributed by atoms with Crippen LogP contribution in [0.3, 0.4) is 0 Å². The molecule has 0 saturated carbocycles. The predicted molar refractivity (Wildman–Crippen MR) is 148 cm³/mol. The van der Waals surface area contributed by atoms with Crippen LogP contribution < -0.4 is 4.90 Å². The number of benzene rings is 5. The highest BCUT2D eigenvalue weighted by Crippen LogP contribution is 2.52. The van der Waals surface area contributed by atoms with Gasteiger partial charge in [-0.3, -0.25) is 0 Å². The second kappa shape index (κ2) is 7.35. The van der Waals surface area contributed by atoms with E-state index in [1.165, 1.54) is 55.7 Å². The van der Waals surface area contributed by atoms with Crippen LogP contribution in [-0.2, 0) is 5.41 Å². The van der Waals surface area contributed by atoms with Crippen molar-refractivity contribution in [2.45, 2.75) is 19.3 Å². The molecule has 0 amide bonds. The molecule has 168 valence electrons. The minimum absolute atomic E-state index is 0.0584. The molecule has 0 N–H and O–H groups in total. The van der Waals surface area contributed by atoms with E-state index < -0.39 is 0 Å². The maximum atomic E-state index is 2.43. The summed E-state index contributed by atoms with van der Waals surface area (Å²) < 4.78 is 2.37. The first kappa shape index (κ1) is 20.1. The van der Waals surface area contributed by atoms with E-state index in [0.29, 0.717) is 0 Å². The van der Waals surface area contributed by atoms with Crippen molar-refractivity contribution in [2.75, 3.05) is 4.90 Å². The third kappa shape index (κ3) is 2.83. The van der Waals surface area contributed by atoms with Gasteiger partial charge in [-0.25, -0.2) is 0 Å². The van der Waals surface area contributed by atoms with Gasteiger partial charge >= 0.3 is 0 Å². The van der Waals surface area contributed by atoms with Crippen molar-refractivity contribution in [3.8, 4) is 5.69 Å². The maximum absolute atomic E-state index is 2.43. The molecule has 2 heterocycles. The topological polar surface area (TPSA) is 8.17 Å². The molecule has 0 bridgehead atoms. The van der Waals surface area contributed by atoms with Gasteiger partial charge in [0.05, 0.1) is 22.4 Å². The Bertz CT molecular complexity index is 1670. The van der Waals surface area contributed by atoms with Crippen LogP contribution in [0.2, 0.25) is 0 Å². The highest BCUT2D eigenvalue weighted by molar-refractivity contribution is 6.10. The summed E-state index contributed by atoms with van der Waals surface area (Å²) in [6.45, 7) is 4.66. The van der Waals surface area contributed by atoms with Gasteiger partial charge in [-0.15, -0.1) is 0 Å². The summed E-state index contributed by atoms with van der Waals surface area (Å²) >= 11 is 0. The van der Waals surface area contributed by atoms with Gasteiger partial charge in [-0.2, -0.15) is 0 Å². The Morgan fingerprint density at radius 3 is 1.77 bits per heavy atom. The van der Waals surface area contributed by atoms with Gasteiger partial charge in [0, 0.05) is 27.6 Å². The lowest BCUT2D eigenvalue weighted by Gasteiger charge is -2.42. The van der Waals surface area contributed by atoms with Crippen molar-refractivity contribution in [1.82, 2.24) is 4.57 Å². The Hall–Kier alpha value is -4.30. The minimum atomic E-state index is -0.0584. The fourth-order valence-electron chi connectivity index (χ4n) is 5.90. The lowest BCUT2D eigenvalue weighted by Crippen LogP contribution is -2.30. The number of para-hydroxylation sites is 4. The molecule has 1 aliphatic rings. The molecule has 6 aromatic rings. The molecule has 1 aromatic heterocycles. The number of rotatable bonds is 2. The molecule has 35 heavy (non-hydrogen) atoms. The second-order valence-corrected chi connectivity index (χ2v) is 9.88. The van der Waals surface area contributed by atoms with Gasteiger partial charge < -0.3 is 9.47 Å². The van der Waals surface area contributed by atoms with Crippen LogP contribution in [0.15, 0.2) is 121 Å². The molecule has 0 unspecified atom stereocenters. The zero-order chi connectivity index (χ0) is 23.6. The first-order valence-electron chi connectivity index (χ1n) is 12.2. The maximum Gasteiger partial charge on any atom is 0.0542 e. The van der Waals surface area contributed by atoms with Gasteiger partial charge in [-0.1, -0.05) is 86.6 Å². The van der Waals surface area contributed by atoms with E-state index in [1.54, 1.807) is 0 Å². The van der Waals surface area contributed by atoms with E-state index in [2.05, 4.69) is 145 Å². The average Bonchev–Trinajstić information content (AvgIpc) is 3.23. The number of hydrogen-bond acceptors (Lipinski definition) is 1.